The van der Waals surface area contributed by atoms with E-state index in [1.807, 2.05) is 77.1 Å². The molecule has 0 spiro atoms. The van der Waals surface area contributed by atoms with Crippen molar-refractivity contribution in [1.29, 1.82) is 0 Å². The largest absolute Gasteiger partial charge is 0.487 e. The minimum atomic E-state index is 0.0393. The van der Waals surface area contributed by atoms with Crippen LogP contribution >= 0.6 is 0 Å². The topological polar surface area (TPSA) is 50.1 Å². The normalized spacial score (nSPS) is 13.7. The summed E-state index contributed by atoms with van der Waals surface area (Å²) in [6, 6.07) is 19.7. The fourth-order valence-corrected chi connectivity index (χ4v) is 4.17. The third kappa shape index (κ3) is 3.91. The Hall–Kier alpha value is -3.80. The zero-order valence-corrected chi connectivity index (χ0v) is 18.4. The minimum absolute atomic E-state index is 0.0393. The van der Waals surface area contributed by atoms with E-state index in [2.05, 4.69) is 29.1 Å². The Morgan fingerprint density at radius 2 is 1.84 bits per heavy atom. The molecule has 1 aliphatic heterocycles. The van der Waals surface area contributed by atoms with Gasteiger partial charge in [0.05, 0.1) is 5.69 Å². The average Bonchev–Trinajstić information content (AvgIpc) is 3.17. The highest BCUT2D eigenvalue weighted by Gasteiger charge is 2.22. The van der Waals surface area contributed by atoms with Crippen molar-refractivity contribution in [2.45, 2.75) is 20.1 Å². The number of ether oxygens (including phenoxy) is 1. The summed E-state index contributed by atoms with van der Waals surface area (Å²) in [7, 11) is 2.07. The molecular weight excluding hydrogens is 400 g/mol. The van der Waals surface area contributed by atoms with Gasteiger partial charge in [0.1, 0.15) is 18.0 Å². The van der Waals surface area contributed by atoms with Gasteiger partial charge in [-0.2, -0.15) is 0 Å². The number of hydrogen-bond donors (Lipinski definition) is 0. The van der Waals surface area contributed by atoms with Gasteiger partial charge in [-0.05, 0) is 54.4 Å². The molecule has 0 fully saturated rings. The van der Waals surface area contributed by atoms with E-state index in [0.29, 0.717) is 25.3 Å². The van der Waals surface area contributed by atoms with Crippen LogP contribution in [0.4, 0.5) is 5.69 Å². The predicted octanol–water partition coefficient (Wildman–Crippen LogP) is 4.31. The first-order valence-electron chi connectivity index (χ1n) is 10.8. The number of amides is 1. The van der Waals surface area contributed by atoms with Crippen molar-refractivity contribution < 1.29 is 9.53 Å². The van der Waals surface area contributed by atoms with Gasteiger partial charge in [-0.25, -0.2) is 4.98 Å². The SMILES string of the molecule is Cc1cccn2cc(COc3ccc(C(=O)N4CCN(C)c5ccccc5C4)cc3)nc12. The fraction of sp³-hybridized carbons (Fsp3) is 0.231. The van der Waals surface area contributed by atoms with E-state index in [0.717, 1.165) is 29.2 Å². The van der Waals surface area contributed by atoms with Gasteiger partial charge in [-0.3, -0.25) is 4.79 Å². The van der Waals surface area contributed by atoms with E-state index in [1.54, 1.807) is 0 Å². The standard InChI is InChI=1S/C26H26N4O2/c1-19-6-5-13-29-17-22(27-25(19)29)18-32-23-11-9-20(10-12-23)26(31)30-15-14-28(2)24-8-4-3-7-21(24)16-30/h3-13,17H,14-16,18H2,1-2H3. The molecule has 0 saturated carbocycles. The highest BCUT2D eigenvalue weighted by atomic mass is 16.5. The number of imidazole rings is 1. The monoisotopic (exact) mass is 426 g/mol. The summed E-state index contributed by atoms with van der Waals surface area (Å²) in [6.07, 6.45) is 3.96. The van der Waals surface area contributed by atoms with E-state index in [4.69, 9.17) is 4.74 Å². The number of nitrogens with zero attached hydrogens (tertiary/aromatic N) is 4. The van der Waals surface area contributed by atoms with Crippen molar-refractivity contribution in [3.63, 3.8) is 0 Å². The number of benzene rings is 2. The third-order valence-corrected chi connectivity index (χ3v) is 5.97. The second-order valence-electron chi connectivity index (χ2n) is 8.24. The first-order chi connectivity index (χ1) is 15.6. The van der Waals surface area contributed by atoms with E-state index in [-0.39, 0.29) is 5.91 Å². The van der Waals surface area contributed by atoms with Crippen LogP contribution in [0.1, 0.15) is 27.2 Å². The first kappa shape index (κ1) is 20.1. The second kappa shape index (κ2) is 8.38. The maximum Gasteiger partial charge on any atom is 0.254 e. The Kier molecular flexibility index (Phi) is 5.27. The van der Waals surface area contributed by atoms with Crippen LogP contribution in [-0.2, 0) is 13.2 Å². The molecule has 0 unspecified atom stereocenters. The zero-order valence-electron chi connectivity index (χ0n) is 18.4. The average molecular weight is 427 g/mol. The number of aromatic nitrogens is 2. The van der Waals surface area contributed by atoms with Gasteiger partial charge in [0.15, 0.2) is 0 Å². The number of rotatable bonds is 4. The summed E-state index contributed by atoms with van der Waals surface area (Å²) in [6.45, 7) is 4.54. The Balaban J connectivity index is 1.26. The van der Waals surface area contributed by atoms with Crippen LogP contribution in [0.2, 0.25) is 0 Å². The molecule has 0 N–H and O–H groups in total. The highest BCUT2D eigenvalue weighted by molar-refractivity contribution is 5.94. The van der Waals surface area contributed by atoms with Crippen LogP contribution in [0, 0.1) is 6.92 Å². The molecule has 3 heterocycles. The molecule has 2 aromatic carbocycles. The molecule has 0 aliphatic carbocycles. The maximum atomic E-state index is 13.1. The molecule has 162 valence electrons. The van der Waals surface area contributed by atoms with Crippen LogP contribution in [0.5, 0.6) is 5.75 Å². The van der Waals surface area contributed by atoms with Crippen molar-refractivity contribution in [3.05, 3.63) is 95.4 Å². The molecule has 1 amide bonds. The van der Waals surface area contributed by atoms with Gasteiger partial charge in [-0.1, -0.05) is 24.3 Å². The van der Waals surface area contributed by atoms with Crippen molar-refractivity contribution in [3.8, 4) is 5.75 Å². The predicted molar refractivity (Wildman–Crippen MR) is 125 cm³/mol. The van der Waals surface area contributed by atoms with Crippen LogP contribution < -0.4 is 9.64 Å². The molecule has 5 rings (SSSR count). The summed E-state index contributed by atoms with van der Waals surface area (Å²) in [5, 5.41) is 0. The summed E-state index contributed by atoms with van der Waals surface area (Å²) in [4.78, 5) is 21.9. The van der Waals surface area contributed by atoms with E-state index < -0.39 is 0 Å². The van der Waals surface area contributed by atoms with Gasteiger partial charge >= 0.3 is 0 Å². The summed E-state index contributed by atoms with van der Waals surface area (Å²) in [5.41, 5.74) is 5.97. The number of carbonyl (C=O) groups excluding carboxylic acids is 1. The molecule has 0 radical (unpaired) electrons. The number of aryl methyl sites for hydroxylation is 1. The Bertz CT molecular complexity index is 1260. The number of fused-ring (bicyclic) bond motifs is 2. The van der Waals surface area contributed by atoms with Gasteiger partial charge < -0.3 is 18.9 Å². The van der Waals surface area contributed by atoms with Crippen molar-refractivity contribution in [2.24, 2.45) is 0 Å². The second-order valence-corrected chi connectivity index (χ2v) is 8.24. The summed E-state index contributed by atoms with van der Waals surface area (Å²) >= 11 is 0. The third-order valence-electron chi connectivity index (χ3n) is 5.97. The lowest BCUT2D eigenvalue weighted by atomic mass is 10.1. The van der Waals surface area contributed by atoms with E-state index >= 15 is 0 Å². The molecule has 6 nitrogen and oxygen atoms in total. The number of likely N-dealkylation sites (N-methyl/N-ethyl adjacent to an activating group) is 1. The lowest BCUT2D eigenvalue weighted by Gasteiger charge is -2.21. The molecule has 0 bridgehead atoms. The molecule has 32 heavy (non-hydrogen) atoms. The van der Waals surface area contributed by atoms with Crippen LogP contribution in [0.15, 0.2) is 73.1 Å². The number of para-hydroxylation sites is 1. The van der Waals surface area contributed by atoms with Crippen molar-refractivity contribution >= 4 is 17.2 Å². The number of hydrogen-bond acceptors (Lipinski definition) is 4. The molecule has 0 saturated heterocycles. The number of carbonyl (C=O) groups is 1. The summed E-state index contributed by atoms with van der Waals surface area (Å²) in [5.74, 6) is 0.758. The van der Waals surface area contributed by atoms with Gasteiger partial charge in [0, 0.05) is 50.3 Å². The molecule has 2 aromatic heterocycles. The smallest absolute Gasteiger partial charge is 0.254 e. The molecular formula is C26H26N4O2. The van der Waals surface area contributed by atoms with E-state index in [1.165, 1.54) is 11.3 Å². The van der Waals surface area contributed by atoms with Crippen LogP contribution in [-0.4, -0.2) is 40.3 Å². The van der Waals surface area contributed by atoms with Gasteiger partial charge in [0.2, 0.25) is 0 Å². The molecule has 4 aromatic rings. The number of anilines is 1. The fourth-order valence-electron chi connectivity index (χ4n) is 4.17. The van der Waals surface area contributed by atoms with Crippen molar-refractivity contribution in [2.75, 3.05) is 25.0 Å². The van der Waals surface area contributed by atoms with Crippen LogP contribution in [0.25, 0.3) is 5.65 Å². The quantitative estimate of drug-likeness (QED) is 0.488. The molecule has 1 aliphatic rings. The Labute approximate surface area is 187 Å². The van der Waals surface area contributed by atoms with E-state index in [9.17, 15) is 4.79 Å². The lowest BCUT2D eigenvalue weighted by Crippen LogP contribution is -2.34. The first-order valence-corrected chi connectivity index (χ1v) is 10.8. The Morgan fingerprint density at radius 3 is 2.66 bits per heavy atom. The highest BCUT2D eigenvalue weighted by Crippen LogP contribution is 2.25. The van der Waals surface area contributed by atoms with Gasteiger partial charge in [-0.15, -0.1) is 0 Å². The Morgan fingerprint density at radius 1 is 1.03 bits per heavy atom. The molecule has 6 heteroatoms. The maximum absolute atomic E-state index is 13.1. The summed E-state index contributed by atoms with van der Waals surface area (Å²) < 4.78 is 7.92. The zero-order chi connectivity index (χ0) is 22.1. The number of pyridine rings is 1. The lowest BCUT2D eigenvalue weighted by molar-refractivity contribution is 0.0751. The van der Waals surface area contributed by atoms with Gasteiger partial charge in [0.25, 0.3) is 5.91 Å². The van der Waals surface area contributed by atoms with Crippen molar-refractivity contribution in [1.82, 2.24) is 14.3 Å². The van der Waals surface area contributed by atoms with Crippen LogP contribution in [0.3, 0.4) is 0 Å². The minimum Gasteiger partial charge on any atom is -0.487 e. The molecule has 0 atom stereocenters.